The number of nitrogens with one attached hydrogen (secondary N) is 3. The summed E-state index contributed by atoms with van der Waals surface area (Å²) >= 11 is 5.90. The summed E-state index contributed by atoms with van der Waals surface area (Å²) in [4.78, 5) is 17.2. The topological polar surface area (TPSA) is 105 Å². The van der Waals surface area contributed by atoms with Crippen molar-refractivity contribution in [3.05, 3.63) is 77.0 Å². The second-order valence-electron chi connectivity index (χ2n) is 9.15. The maximum Gasteiger partial charge on any atom is 0.273 e. The SMILES string of the molecule is O=C(NCCCNC1CCCCC1)c1ncn(Cc2ccc(F)cc2)c1NS(=O)(=O)c1ccc(Cl)cc1. The molecule has 0 spiro atoms. The number of halogens is 2. The van der Waals surface area contributed by atoms with E-state index in [1.165, 1.54) is 79.4 Å². The lowest BCUT2D eigenvalue weighted by molar-refractivity contribution is 0.0949. The Balaban J connectivity index is 1.47. The van der Waals surface area contributed by atoms with Crippen molar-refractivity contribution in [1.82, 2.24) is 20.2 Å². The molecular formula is C26H31ClFN5O3S. The standard InChI is InChI=1S/C26H31ClFN5O3S/c27-20-9-13-23(14-10-20)37(35,36)32-25-24(31-18-33(25)17-19-7-11-21(28)12-8-19)26(34)30-16-4-15-29-22-5-2-1-3-6-22/h7-14,18,22,29,32H,1-6,15-17H2,(H,30,34). The van der Waals surface area contributed by atoms with E-state index in [1.54, 1.807) is 12.1 Å². The van der Waals surface area contributed by atoms with Crippen molar-refractivity contribution in [2.45, 2.75) is 56.0 Å². The third-order valence-corrected chi connectivity index (χ3v) is 7.96. The highest BCUT2D eigenvalue weighted by molar-refractivity contribution is 7.92. The minimum atomic E-state index is -4.04. The first kappa shape index (κ1) is 27.1. The van der Waals surface area contributed by atoms with Crippen LogP contribution in [0.25, 0.3) is 0 Å². The van der Waals surface area contributed by atoms with Crippen LogP contribution in [0.3, 0.4) is 0 Å². The number of rotatable bonds is 11. The first-order chi connectivity index (χ1) is 17.8. The number of nitrogens with zero attached hydrogens (tertiary/aromatic N) is 2. The first-order valence-electron chi connectivity index (χ1n) is 12.4. The fourth-order valence-electron chi connectivity index (χ4n) is 4.35. The molecule has 1 fully saturated rings. The maximum atomic E-state index is 13.4. The van der Waals surface area contributed by atoms with E-state index in [-0.39, 0.29) is 28.8 Å². The Bertz CT molecular complexity index is 1290. The summed E-state index contributed by atoms with van der Waals surface area (Å²) in [7, 11) is -4.04. The summed E-state index contributed by atoms with van der Waals surface area (Å²) in [5.41, 5.74) is 0.673. The number of anilines is 1. The number of amides is 1. The van der Waals surface area contributed by atoms with E-state index in [4.69, 9.17) is 11.6 Å². The molecule has 0 atom stereocenters. The molecule has 2 aromatic carbocycles. The number of hydrogen-bond acceptors (Lipinski definition) is 5. The molecule has 3 N–H and O–H groups in total. The highest BCUT2D eigenvalue weighted by Crippen LogP contribution is 2.23. The van der Waals surface area contributed by atoms with Gasteiger partial charge in [-0.05, 0) is 67.8 Å². The van der Waals surface area contributed by atoms with Crippen LogP contribution >= 0.6 is 11.6 Å². The predicted molar refractivity (Wildman–Crippen MR) is 142 cm³/mol. The molecule has 3 aromatic rings. The third kappa shape index (κ3) is 7.53. The van der Waals surface area contributed by atoms with Gasteiger partial charge in [0.1, 0.15) is 5.82 Å². The zero-order chi connectivity index (χ0) is 26.3. The van der Waals surface area contributed by atoms with Crippen molar-refractivity contribution >= 4 is 33.3 Å². The predicted octanol–water partition coefficient (Wildman–Crippen LogP) is 4.57. The highest BCUT2D eigenvalue weighted by Gasteiger charge is 2.24. The van der Waals surface area contributed by atoms with Crippen LogP contribution in [-0.2, 0) is 16.6 Å². The molecular weight excluding hydrogens is 517 g/mol. The second-order valence-corrected chi connectivity index (χ2v) is 11.3. The summed E-state index contributed by atoms with van der Waals surface area (Å²) in [6.45, 7) is 1.40. The Hall–Kier alpha value is -2.95. The maximum absolute atomic E-state index is 13.4. The smallest absolute Gasteiger partial charge is 0.273 e. The molecule has 0 unspecified atom stereocenters. The lowest BCUT2D eigenvalue weighted by Gasteiger charge is -2.22. The molecule has 198 valence electrons. The molecule has 4 rings (SSSR count). The van der Waals surface area contributed by atoms with Gasteiger partial charge in [0.2, 0.25) is 0 Å². The van der Waals surface area contributed by atoms with Gasteiger partial charge in [-0.1, -0.05) is 43.0 Å². The molecule has 0 aliphatic heterocycles. The monoisotopic (exact) mass is 547 g/mol. The lowest BCUT2D eigenvalue weighted by Crippen LogP contribution is -2.34. The number of hydrogen-bond donors (Lipinski definition) is 3. The molecule has 37 heavy (non-hydrogen) atoms. The molecule has 11 heteroatoms. The Labute approximate surface area is 221 Å². The van der Waals surface area contributed by atoms with Crippen molar-refractivity contribution in [1.29, 1.82) is 0 Å². The summed E-state index contributed by atoms with van der Waals surface area (Å²) in [6, 6.07) is 12.1. The van der Waals surface area contributed by atoms with Gasteiger partial charge in [-0.3, -0.25) is 9.52 Å². The number of sulfonamides is 1. The van der Waals surface area contributed by atoms with E-state index in [0.717, 1.165) is 13.0 Å². The van der Waals surface area contributed by atoms with Gasteiger partial charge >= 0.3 is 0 Å². The van der Waals surface area contributed by atoms with E-state index in [1.807, 2.05) is 0 Å². The largest absolute Gasteiger partial charge is 0.351 e. The molecule has 0 saturated heterocycles. The normalized spacial score (nSPS) is 14.4. The van der Waals surface area contributed by atoms with Gasteiger partial charge in [0.05, 0.1) is 17.8 Å². The lowest BCUT2D eigenvalue weighted by atomic mass is 9.95. The van der Waals surface area contributed by atoms with Crippen molar-refractivity contribution < 1.29 is 17.6 Å². The average Bonchev–Trinajstić information content (AvgIpc) is 3.27. The average molecular weight is 548 g/mol. The van der Waals surface area contributed by atoms with E-state index in [9.17, 15) is 17.6 Å². The van der Waals surface area contributed by atoms with Crippen molar-refractivity contribution in [2.75, 3.05) is 17.8 Å². The molecule has 1 heterocycles. The van der Waals surface area contributed by atoms with Crippen molar-refractivity contribution in [2.24, 2.45) is 0 Å². The minimum absolute atomic E-state index is 0.00780. The minimum Gasteiger partial charge on any atom is -0.351 e. The number of aromatic nitrogens is 2. The van der Waals surface area contributed by atoms with Gasteiger partial charge in [0.15, 0.2) is 11.5 Å². The van der Waals surface area contributed by atoms with Gasteiger partial charge in [-0.2, -0.15) is 0 Å². The van der Waals surface area contributed by atoms with Crippen LogP contribution in [0.4, 0.5) is 10.2 Å². The number of carbonyl (C=O) groups is 1. The van der Waals surface area contributed by atoms with Crippen LogP contribution in [-0.4, -0.2) is 43.0 Å². The van der Waals surface area contributed by atoms with Crippen molar-refractivity contribution in [3.8, 4) is 0 Å². The fourth-order valence-corrected chi connectivity index (χ4v) is 5.56. The van der Waals surface area contributed by atoms with Crippen molar-refractivity contribution in [3.63, 3.8) is 0 Å². The Morgan fingerprint density at radius 1 is 1.03 bits per heavy atom. The van der Waals surface area contributed by atoms with Gasteiger partial charge in [0.25, 0.3) is 15.9 Å². The third-order valence-electron chi connectivity index (χ3n) is 6.35. The fraction of sp³-hybridized carbons (Fsp3) is 0.385. The van der Waals surface area contributed by atoms with Crippen LogP contribution in [0, 0.1) is 5.82 Å². The van der Waals surface area contributed by atoms with Crippen LogP contribution in [0.2, 0.25) is 5.02 Å². The molecule has 0 radical (unpaired) electrons. The van der Waals surface area contributed by atoms with Crippen LogP contribution in [0.15, 0.2) is 59.8 Å². The quantitative estimate of drug-likeness (QED) is 0.305. The summed E-state index contributed by atoms with van der Waals surface area (Å²) in [5, 5.41) is 6.78. The number of carbonyl (C=O) groups excluding carboxylic acids is 1. The van der Waals surface area contributed by atoms with Crippen LogP contribution in [0.1, 0.15) is 54.6 Å². The zero-order valence-electron chi connectivity index (χ0n) is 20.4. The second kappa shape index (κ2) is 12.5. The molecule has 1 aliphatic rings. The molecule has 1 aliphatic carbocycles. The Kier molecular flexibility index (Phi) is 9.18. The molecule has 8 nitrogen and oxygen atoms in total. The zero-order valence-corrected chi connectivity index (χ0v) is 22.0. The van der Waals surface area contributed by atoms with Crippen LogP contribution < -0.4 is 15.4 Å². The number of benzene rings is 2. The summed E-state index contributed by atoms with van der Waals surface area (Å²) in [5.74, 6) is -0.836. The Morgan fingerprint density at radius 2 is 1.73 bits per heavy atom. The highest BCUT2D eigenvalue weighted by atomic mass is 35.5. The molecule has 0 bridgehead atoms. The Morgan fingerprint density at radius 3 is 2.43 bits per heavy atom. The molecule has 1 amide bonds. The summed E-state index contributed by atoms with van der Waals surface area (Å²) in [6.07, 6.45) is 8.32. The van der Waals surface area contributed by atoms with Gasteiger partial charge in [-0.15, -0.1) is 0 Å². The van der Waals surface area contributed by atoms with E-state index < -0.39 is 15.9 Å². The summed E-state index contributed by atoms with van der Waals surface area (Å²) < 4.78 is 43.6. The van der Waals surface area contributed by atoms with Gasteiger partial charge in [0, 0.05) is 17.6 Å². The van der Waals surface area contributed by atoms with Gasteiger partial charge < -0.3 is 15.2 Å². The molecule has 1 saturated carbocycles. The van der Waals surface area contributed by atoms with E-state index in [0.29, 0.717) is 23.2 Å². The number of imidazole rings is 1. The van der Waals surface area contributed by atoms with Crippen LogP contribution in [0.5, 0.6) is 0 Å². The molecule has 1 aromatic heterocycles. The first-order valence-corrected chi connectivity index (χ1v) is 14.3. The van der Waals surface area contributed by atoms with E-state index >= 15 is 0 Å². The van der Waals surface area contributed by atoms with Gasteiger partial charge in [-0.25, -0.2) is 17.8 Å². The van der Waals surface area contributed by atoms with E-state index in [2.05, 4.69) is 20.3 Å².